The fourth-order valence-electron chi connectivity index (χ4n) is 2.61. The normalized spacial score (nSPS) is 14.6. The van der Waals surface area contributed by atoms with Gasteiger partial charge in [-0.3, -0.25) is 0 Å². The number of rotatable bonds is 4. The van der Waals surface area contributed by atoms with E-state index in [1.165, 1.54) is 11.8 Å². The van der Waals surface area contributed by atoms with E-state index in [1.807, 2.05) is 31.2 Å². The van der Waals surface area contributed by atoms with E-state index < -0.39 is 17.9 Å². The van der Waals surface area contributed by atoms with Gasteiger partial charge in [-0.05, 0) is 32.0 Å². The molecule has 144 valence electrons. The van der Waals surface area contributed by atoms with Crippen molar-refractivity contribution >= 4 is 6.03 Å². The number of aryl methyl sites for hydroxylation is 2. The summed E-state index contributed by atoms with van der Waals surface area (Å²) in [5.74, 6) is 0.655. The van der Waals surface area contributed by atoms with Crippen LogP contribution in [0.2, 0.25) is 0 Å². The molecule has 0 saturated carbocycles. The van der Waals surface area contributed by atoms with Crippen LogP contribution in [0.25, 0.3) is 0 Å². The molecule has 0 aliphatic carbocycles. The third-order valence-corrected chi connectivity index (χ3v) is 4.05. The molecule has 9 heteroatoms. The van der Waals surface area contributed by atoms with E-state index in [4.69, 9.17) is 4.74 Å². The zero-order valence-electron chi connectivity index (χ0n) is 14.9. The number of hydrogen-bond acceptors (Lipinski definition) is 4. The summed E-state index contributed by atoms with van der Waals surface area (Å²) in [5.41, 5.74) is 0.302. The molecule has 1 saturated heterocycles. The predicted molar refractivity (Wildman–Crippen MR) is 91.2 cm³/mol. The zero-order valence-corrected chi connectivity index (χ0v) is 14.9. The number of halogens is 3. The monoisotopic (exact) mass is 380 g/mol. The van der Waals surface area contributed by atoms with Crippen LogP contribution in [0, 0.1) is 13.8 Å². The standard InChI is InChI=1S/C18H19F3N4O2/c1-11-3-5-13(6-4-11)27-14-9-25(10-14)17(26)22-8-16-23-12(2)7-15(24-16)18(19,20)21/h3-7,14H,8-10H2,1-2H3,(H,22,26). The molecule has 1 aliphatic heterocycles. The average molecular weight is 380 g/mol. The summed E-state index contributed by atoms with van der Waals surface area (Å²) < 4.78 is 44.1. The lowest BCUT2D eigenvalue weighted by Gasteiger charge is -2.38. The van der Waals surface area contributed by atoms with E-state index in [0.29, 0.717) is 13.1 Å². The van der Waals surface area contributed by atoms with Gasteiger partial charge in [0.05, 0.1) is 19.6 Å². The number of urea groups is 1. The number of carbonyl (C=O) groups is 1. The molecule has 2 amide bonds. The molecule has 6 nitrogen and oxygen atoms in total. The van der Waals surface area contributed by atoms with Gasteiger partial charge in [-0.15, -0.1) is 0 Å². The van der Waals surface area contributed by atoms with Crippen LogP contribution >= 0.6 is 0 Å². The first-order chi connectivity index (χ1) is 12.7. The fourth-order valence-corrected chi connectivity index (χ4v) is 2.61. The Labute approximate surface area is 154 Å². The highest BCUT2D eigenvalue weighted by Gasteiger charge is 2.34. The van der Waals surface area contributed by atoms with E-state index in [0.717, 1.165) is 17.4 Å². The SMILES string of the molecule is Cc1ccc(OC2CN(C(=O)NCc3nc(C)cc(C(F)(F)F)n3)C2)cc1. The fraction of sp³-hybridized carbons (Fsp3) is 0.389. The molecule has 1 N–H and O–H groups in total. The second-order valence-electron chi connectivity index (χ2n) is 6.43. The Morgan fingerprint density at radius 1 is 1.22 bits per heavy atom. The van der Waals surface area contributed by atoms with Crippen molar-refractivity contribution in [1.82, 2.24) is 20.2 Å². The molecule has 1 fully saturated rings. The lowest BCUT2D eigenvalue weighted by Crippen LogP contribution is -2.58. The smallest absolute Gasteiger partial charge is 0.433 e. The number of benzene rings is 1. The number of nitrogens with one attached hydrogen (secondary N) is 1. The summed E-state index contributed by atoms with van der Waals surface area (Å²) >= 11 is 0. The van der Waals surface area contributed by atoms with E-state index in [1.54, 1.807) is 0 Å². The van der Waals surface area contributed by atoms with Crippen molar-refractivity contribution in [1.29, 1.82) is 0 Å². The Morgan fingerprint density at radius 2 is 1.89 bits per heavy atom. The molecular weight excluding hydrogens is 361 g/mol. The van der Waals surface area contributed by atoms with Crippen molar-refractivity contribution < 1.29 is 22.7 Å². The number of hydrogen-bond donors (Lipinski definition) is 1. The van der Waals surface area contributed by atoms with Gasteiger partial charge in [0, 0.05) is 5.69 Å². The molecule has 2 heterocycles. The Morgan fingerprint density at radius 3 is 2.52 bits per heavy atom. The van der Waals surface area contributed by atoms with Gasteiger partial charge in [0.15, 0.2) is 0 Å². The summed E-state index contributed by atoms with van der Waals surface area (Å²) in [6, 6.07) is 8.09. The van der Waals surface area contributed by atoms with Gasteiger partial charge in [-0.1, -0.05) is 17.7 Å². The Kier molecular flexibility index (Phi) is 5.20. The second-order valence-corrected chi connectivity index (χ2v) is 6.43. The number of aromatic nitrogens is 2. The second kappa shape index (κ2) is 7.42. The van der Waals surface area contributed by atoms with Gasteiger partial charge >= 0.3 is 12.2 Å². The minimum Gasteiger partial charge on any atom is -0.487 e. The third-order valence-electron chi connectivity index (χ3n) is 4.05. The summed E-state index contributed by atoms with van der Waals surface area (Å²) in [6.45, 7) is 4.06. The molecule has 27 heavy (non-hydrogen) atoms. The summed E-state index contributed by atoms with van der Waals surface area (Å²) in [4.78, 5) is 21.0. The largest absolute Gasteiger partial charge is 0.487 e. The van der Waals surface area contributed by atoms with Crippen molar-refractivity contribution in [3.05, 3.63) is 53.1 Å². The topological polar surface area (TPSA) is 67.3 Å². The first-order valence-corrected chi connectivity index (χ1v) is 8.38. The molecule has 1 aromatic carbocycles. The highest BCUT2D eigenvalue weighted by atomic mass is 19.4. The number of amides is 2. The molecule has 0 spiro atoms. The number of likely N-dealkylation sites (tertiary alicyclic amines) is 1. The van der Waals surface area contributed by atoms with Gasteiger partial charge in [-0.25, -0.2) is 14.8 Å². The van der Waals surface area contributed by atoms with E-state index in [2.05, 4.69) is 15.3 Å². The molecule has 0 unspecified atom stereocenters. The van der Waals surface area contributed by atoms with Crippen molar-refractivity contribution in [2.24, 2.45) is 0 Å². The number of alkyl halides is 3. The molecule has 1 aliphatic rings. The van der Waals surface area contributed by atoms with Crippen molar-refractivity contribution in [3.63, 3.8) is 0 Å². The van der Waals surface area contributed by atoms with Crippen molar-refractivity contribution in [2.45, 2.75) is 32.7 Å². The quantitative estimate of drug-likeness (QED) is 0.885. The van der Waals surface area contributed by atoms with Gasteiger partial charge in [0.1, 0.15) is 23.4 Å². The minimum atomic E-state index is -4.55. The maximum atomic E-state index is 12.8. The van der Waals surface area contributed by atoms with Gasteiger partial charge < -0.3 is 15.0 Å². The van der Waals surface area contributed by atoms with E-state index in [9.17, 15) is 18.0 Å². The Balaban J connectivity index is 1.48. The summed E-state index contributed by atoms with van der Waals surface area (Å²) in [5, 5.41) is 2.54. The van der Waals surface area contributed by atoms with E-state index in [-0.39, 0.29) is 24.2 Å². The lowest BCUT2D eigenvalue weighted by atomic mass is 10.2. The van der Waals surface area contributed by atoms with E-state index >= 15 is 0 Å². The third kappa shape index (κ3) is 4.87. The van der Waals surface area contributed by atoms with Crippen LogP contribution in [-0.2, 0) is 12.7 Å². The van der Waals surface area contributed by atoms with Crippen LogP contribution in [0.3, 0.4) is 0 Å². The minimum absolute atomic E-state index is 0.0800. The molecular formula is C18H19F3N4O2. The van der Waals surface area contributed by atoms with Crippen LogP contribution in [0.15, 0.2) is 30.3 Å². The molecule has 0 bridgehead atoms. The summed E-state index contributed by atoms with van der Waals surface area (Å²) in [6.07, 6.45) is -4.66. The first kappa shape index (κ1) is 18.9. The number of ether oxygens (including phenoxy) is 1. The first-order valence-electron chi connectivity index (χ1n) is 8.38. The Hall–Kier alpha value is -2.84. The van der Waals surface area contributed by atoms with Gasteiger partial charge in [0.2, 0.25) is 0 Å². The van der Waals surface area contributed by atoms with Gasteiger partial charge in [-0.2, -0.15) is 13.2 Å². The van der Waals surface area contributed by atoms with Crippen LogP contribution in [-0.4, -0.2) is 40.1 Å². The summed E-state index contributed by atoms with van der Waals surface area (Å²) in [7, 11) is 0. The van der Waals surface area contributed by atoms with Crippen LogP contribution in [0.5, 0.6) is 5.75 Å². The van der Waals surface area contributed by atoms with Crippen molar-refractivity contribution in [3.8, 4) is 5.75 Å². The lowest BCUT2D eigenvalue weighted by molar-refractivity contribution is -0.141. The number of nitrogens with zero attached hydrogens (tertiary/aromatic N) is 3. The zero-order chi connectivity index (χ0) is 19.6. The van der Waals surface area contributed by atoms with Crippen molar-refractivity contribution in [2.75, 3.05) is 13.1 Å². The maximum Gasteiger partial charge on any atom is 0.433 e. The molecule has 3 rings (SSSR count). The average Bonchev–Trinajstić information content (AvgIpc) is 2.56. The molecule has 2 aromatic rings. The maximum absolute atomic E-state index is 12.8. The molecule has 0 radical (unpaired) electrons. The van der Waals surface area contributed by atoms with Gasteiger partial charge in [0.25, 0.3) is 0 Å². The van der Waals surface area contributed by atoms with Crippen LogP contribution < -0.4 is 10.1 Å². The Bertz CT molecular complexity index is 818. The highest BCUT2D eigenvalue weighted by molar-refractivity contribution is 5.75. The predicted octanol–water partition coefficient (Wildman–Crippen LogP) is 3.09. The highest BCUT2D eigenvalue weighted by Crippen LogP contribution is 2.27. The van der Waals surface area contributed by atoms with Crippen LogP contribution in [0.1, 0.15) is 22.8 Å². The molecule has 0 atom stereocenters. The van der Waals surface area contributed by atoms with Crippen LogP contribution in [0.4, 0.5) is 18.0 Å². The molecule has 1 aromatic heterocycles. The number of carbonyl (C=O) groups excluding carboxylic acids is 1.